The van der Waals surface area contributed by atoms with E-state index in [9.17, 15) is 0 Å². The van der Waals surface area contributed by atoms with Crippen LogP contribution in [0.5, 0.6) is 0 Å². The van der Waals surface area contributed by atoms with Crippen molar-refractivity contribution in [2.75, 3.05) is 0 Å². The molecule has 4 aromatic rings. The predicted molar refractivity (Wildman–Crippen MR) is 183 cm³/mol. The molecule has 2 aliphatic carbocycles. The van der Waals surface area contributed by atoms with Crippen molar-refractivity contribution in [2.45, 2.75) is 76.8 Å². The zero-order chi connectivity index (χ0) is 30.7. The molecule has 0 saturated carbocycles. The number of allylic oxidation sites excluding steroid dienone is 4. The van der Waals surface area contributed by atoms with Crippen LogP contribution >= 0.6 is 0 Å². The third-order valence-corrected chi connectivity index (χ3v) is 18.5. The van der Waals surface area contributed by atoms with Crippen molar-refractivity contribution in [2.24, 2.45) is 5.92 Å². The SMILES string of the molecule is CC1=C(C)C(C)[C]([Zr](=[C](c2ccccc2)c2ccccc2)[CH]2c3cc(C(C)(C)C)ccc3-c3ccc(C(C)(C)C)cc32)=C1. The van der Waals surface area contributed by atoms with Gasteiger partial charge >= 0.3 is 269 Å². The van der Waals surface area contributed by atoms with Crippen LogP contribution in [0.2, 0.25) is 0 Å². The predicted octanol–water partition coefficient (Wildman–Crippen LogP) is 11.1. The van der Waals surface area contributed by atoms with Crippen molar-refractivity contribution in [3.05, 3.63) is 151 Å². The fraction of sp³-hybridized carbons (Fsp3) is 0.310. The summed E-state index contributed by atoms with van der Waals surface area (Å²) in [6.07, 6.45) is 2.61. The van der Waals surface area contributed by atoms with Gasteiger partial charge in [-0.1, -0.05) is 0 Å². The third kappa shape index (κ3) is 5.48. The number of hydrogen-bond acceptors (Lipinski definition) is 0. The van der Waals surface area contributed by atoms with Crippen LogP contribution in [0, 0.1) is 5.92 Å². The molecule has 0 saturated heterocycles. The van der Waals surface area contributed by atoms with Crippen LogP contribution in [0.1, 0.15) is 99.3 Å². The first kappa shape index (κ1) is 30.2. The van der Waals surface area contributed by atoms with Crippen molar-refractivity contribution in [3.8, 4) is 11.1 Å². The molecule has 0 heterocycles. The van der Waals surface area contributed by atoms with Gasteiger partial charge in [0.15, 0.2) is 0 Å². The average molecular weight is 642 g/mol. The molecule has 0 aromatic heterocycles. The normalized spacial score (nSPS) is 16.7. The Bertz CT molecular complexity index is 1680. The summed E-state index contributed by atoms with van der Waals surface area (Å²) in [5.41, 5.74) is 14.9. The number of benzene rings is 4. The molecule has 6 rings (SSSR count). The topological polar surface area (TPSA) is 0 Å². The molecule has 0 aliphatic heterocycles. The van der Waals surface area contributed by atoms with Gasteiger partial charge in [0.05, 0.1) is 0 Å². The number of fused-ring (bicyclic) bond motifs is 3. The van der Waals surface area contributed by atoms with Gasteiger partial charge in [-0.05, 0) is 0 Å². The Morgan fingerprint density at radius 1 is 0.605 bits per heavy atom. The van der Waals surface area contributed by atoms with E-state index < -0.39 is 21.3 Å². The Morgan fingerprint density at radius 3 is 1.42 bits per heavy atom. The van der Waals surface area contributed by atoms with Gasteiger partial charge in [-0.15, -0.1) is 0 Å². The maximum absolute atomic E-state index is 2.81. The summed E-state index contributed by atoms with van der Waals surface area (Å²) in [5.74, 6) is 0.473. The van der Waals surface area contributed by atoms with E-state index in [2.05, 4.69) is 165 Å². The molecule has 0 N–H and O–H groups in total. The molecule has 0 radical (unpaired) electrons. The molecule has 2 aliphatic rings. The van der Waals surface area contributed by atoms with Gasteiger partial charge in [0, 0.05) is 0 Å². The van der Waals surface area contributed by atoms with E-state index >= 15 is 0 Å². The summed E-state index contributed by atoms with van der Waals surface area (Å²) in [6.45, 7) is 21.3. The minimum absolute atomic E-state index is 0.0918. The first-order chi connectivity index (χ1) is 20.4. The van der Waals surface area contributed by atoms with Gasteiger partial charge < -0.3 is 0 Å². The Kier molecular flexibility index (Phi) is 7.88. The molecule has 0 nitrogen and oxygen atoms in total. The molecular formula is C42H46Zr. The quantitative estimate of drug-likeness (QED) is 0.208. The molecule has 1 unspecified atom stereocenters. The van der Waals surface area contributed by atoms with Crippen molar-refractivity contribution in [3.63, 3.8) is 0 Å². The zero-order valence-electron chi connectivity index (χ0n) is 27.5. The standard InChI is InChI=1S/C21H25.C13H10.C8H11.Zr/c1-20(2,3)16-7-9-18-14(12-16)11-15-13-17(21(4,5)6)8-10-19(15)18;1-3-7-12(8-4-1)11-13-9-5-2-6-10-13;1-6-4-5-7(2)8(6)3;/h7-13H,1-6H3;1-10H;4,7H,1-3H3;. The van der Waals surface area contributed by atoms with Gasteiger partial charge in [0.25, 0.3) is 0 Å². The van der Waals surface area contributed by atoms with E-state index in [1.54, 1.807) is 23.2 Å². The van der Waals surface area contributed by atoms with E-state index in [4.69, 9.17) is 0 Å². The van der Waals surface area contributed by atoms with Crippen LogP contribution < -0.4 is 0 Å². The summed E-state index contributed by atoms with van der Waals surface area (Å²) in [6, 6.07) is 37.5. The fourth-order valence-electron chi connectivity index (χ4n) is 7.01. The second kappa shape index (κ2) is 11.2. The van der Waals surface area contributed by atoms with Crippen LogP contribution in [0.4, 0.5) is 0 Å². The molecule has 0 bridgehead atoms. The molecule has 1 heteroatoms. The van der Waals surface area contributed by atoms with Crippen molar-refractivity contribution in [1.82, 2.24) is 0 Å². The fourth-order valence-corrected chi connectivity index (χ4v) is 16.9. The van der Waals surface area contributed by atoms with E-state index in [0.717, 1.165) is 0 Å². The molecule has 43 heavy (non-hydrogen) atoms. The molecule has 1 atom stereocenters. The van der Waals surface area contributed by atoms with Gasteiger partial charge in [0.1, 0.15) is 0 Å². The van der Waals surface area contributed by atoms with Crippen LogP contribution in [0.3, 0.4) is 0 Å². The number of rotatable bonds is 4. The molecule has 0 amide bonds. The molecular weight excluding hydrogens is 596 g/mol. The Hall–Kier alpha value is -2.89. The summed E-state index contributed by atoms with van der Waals surface area (Å²) in [4.78, 5) is 0. The van der Waals surface area contributed by atoms with E-state index in [1.807, 2.05) is 0 Å². The first-order valence-corrected chi connectivity index (χ1v) is 19.8. The molecule has 218 valence electrons. The Labute approximate surface area is 267 Å². The Balaban J connectivity index is 1.77. The van der Waals surface area contributed by atoms with Crippen LogP contribution in [-0.2, 0) is 32.1 Å². The van der Waals surface area contributed by atoms with Gasteiger partial charge in [-0.3, -0.25) is 0 Å². The van der Waals surface area contributed by atoms with Gasteiger partial charge in [-0.2, -0.15) is 0 Å². The van der Waals surface area contributed by atoms with E-state index in [0.29, 0.717) is 9.54 Å². The molecule has 0 spiro atoms. The summed E-state index contributed by atoms with van der Waals surface area (Å²) in [7, 11) is 0. The van der Waals surface area contributed by atoms with Crippen LogP contribution in [-0.4, -0.2) is 3.21 Å². The summed E-state index contributed by atoms with van der Waals surface area (Å²) < 4.78 is 3.75. The van der Waals surface area contributed by atoms with Crippen molar-refractivity contribution < 1.29 is 21.3 Å². The molecule has 4 aromatic carbocycles. The average Bonchev–Trinajstić information content (AvgIpc) is 3.43. The van der Waals surface area contributed by atoms with E-state index in [-0.39, 0.29) is 10.8 Å². The zero-order valence-corrected chi connectivity index (χ0v) is 29.9. The van der Waals surface area contributed by atoms with Gasteiger partial charge in [-0.25, -0.2) is 0 Å². The van der Waals surface area contributed by atoms with Crippen molar-refractivity contribution in [1.29, 1.82) is 0 Å². The summed E-state index contributed by atoms with van der Waals surface area (Å²) >= 11 is -2.81. The molecule has 0 fully saturated rings. The second-order valence-electron chi connectivity index (χ2n) is 14.7. The second-order valence-corrected chi connectivity index (χ2v) is 20.8. The maximum atomic E-state index is 2.61. The van der Waals surface area contributed by atoms with Crippen LogP contribution in [0.15, 0.2) is 118 Å². The van der Waals surface area contributed by atoms with Crippen LogP contribution in [0.25, 0.3) is 11.1 Å². The third-order valence-electron chi connectivity index (χ3n) is 9.85. The summed E-state index contributed by atoms with van der Waals surface area (Å²) in [5, 5.41) is 0. The van der Waals surface area contributed by atoms with Gasteiger partial charge in [0.2, 0.25) is 0 Å². The minimum atomic E-state index is -2.81. The monoisotopic (exact) mass is 640 g/mol. The van der Waals surface area contributed by atoms with Crippen molar-refractivity contribution >= 4 is 3.21 Å². The van der Waals surface area contributed by atoms with E-state index in [1.165, 1.54) is 39.0 Å². The number of hydrogen-bond donors (Lipinski definition) is 0. The Morgan fingerprint density at radius 2 is 1.05 bits per heavy atom. The first-order valence-electron chi connectivity index (χ1n) is 15.9.